The van der Waals surface area contributed by atoms with E-state index in [4.69, 9.17) is 11.6 Å². The highest BCUT2D eigenvalue weighted by atomic mass is 35.5. The monoisotopic (exact) mass is 586 g/mol. The first-order chi connectivity index (χ1) is 18.9. The maximum atomic E-state index is 14.0. The molecule has 3 aromatic rings. The molecule has 10 nitrogen and oxygen atoms in total. The van der Waals surface area contributed by atoms with Crippen LogP contribution in [0.25, 0.3) is 0 Å². The number of rotatable bonds is 12. The largest absolute Gasteiger partial charge is 0.352 e. The van der Waals surface area contributed by atoms with Gasteiger partial charge in [0.15, 0.2) is 0 Å². The minimum Gasteiger partial charge on any atom is -0.352 e. The van der Waals surface area contributed by atoms with Crippen LogP contribution in [-0.2, 0) is 32.6 Å². The molecule has 12 heteroatoms. The van der Waals surface area contributed by atoms with E-state index in [0.29, 0.717) is 10.6 Å². The second kappa shape index (κ2) is 13.4. The van der Waals surface area contributed by atoms with Gasteiger partial charge in [-0.15, -0.1) is 0 Å². The second-order valence-electron chi connectivity index (χ2n) is 9.53. The first-order valence-electron chi connectivity index (χ1n) is 12.5. The van der Waals surface area contributed by atoms with Gasteiger partial charge in [-0.25, -0.2) is 8.42 Å². The van der Waals surface area contributed by atoms with Gasteiger partial charge in [0.1, 0.15) is 12.6 Å². The van der Waals surface area contributed by atoms with Crippen LogP contribution in [0.4, 0.5) is 11.4 Å². The van der Waals surface area contributed by atoms with Crippen LogP contribution in [0.3, 0.4) is 0 Å². The van der Waals surface area contributed by atoms with E-state index in [1.165, 1.54) is 23.1 Å². The molecule has 40 heavy (non-hydrogen) atoms. The molecular weight excluding hydrogens is 556 g/mol. The molecule has 0 unspecified atom stereocenters. The lowest BCUT2D eigenvalue weighted by atomic mass is 10.0. The number of anilines is 1. The van der Waals surface area contributed by atoms with Crippen molar-refractivity contribution in [3.63, 3.8) is 0 Å². The van der Waals surface area contributed by atoms with Gasteiger partial charge in [-0.05, 0) is 37.1 Å². The van der Waals surface area contributed by atoms with E-state index in [0.717, 1.165) is 22.2 Å². The molecule has 0 aliphatic rings. The third-order valence-corrected chi connectivity index (χ3v) is 7.52. The Morgan fingerprint density at radius 2 is 1.65 bits per heavy atom. The van der Waals surface area contributed by atoms with Gasteiger partial charge in [-0.1, -0.05) is 66.2 Å². The average Bonchev–Trinajstić information content (AvgIpc) is 2.89. The quantitative estimate of drug-likeness (QED) is 0.250. The predicted octanol–water partition coefficient (Wildman–Crippen LogP) is 4.18. The highest BCUT2D eigenvalue weighted by molar-refractivity contribution is 7.92. The zero-order chi connectivity index (χ0) is 29.4. The van der Waals surface area contributed by atoms with Crippen molar-refractivity contribution in [1.82, 2.24) is 10.2 Å². The van der Waals surface area contributed by atoms with E-state index in [2.05, 4.69) is 5.32 Å². The summed E-state index contributed by atoms with van der Waals surface area (Å²) in [6.07, 6.45) is 1.07. The van der Waals surface area contributed by atoms with Crippen molar-refractivity contribution in [2.75, 3.05) is 17.1 Å². The van der Waals surface area contributed by atoms with Gasteiger partial charge in [0.25, 0.3) is 5.69 Å². The molecule has 0 fully saturated rings. The van der Waals surface area contributed by atoms with Crippen LogP contribution in [0.2, 0.25) is 5.02 Å². The summed E-state index contributed by atoms with van der Waals surface area (Å²) >= 11 is 6.41. The molecule has 0 aliphatic carbocycles. The molecule has 3 rings (SSSR count). The third kappa shape index (κ3) is 8.27. The van der Waals surface area contributed by atoms with E-state index in [1.807, 2.05) is 30.3 Å². The molecule has 0 aliphatic heterocycles. The Bertz CT molecular complexity index is 1470. The molecule has 212 valence electrons. The summed E-state index contributed by atoms with van der Waals surface area (Å²) in [4.78, 5) is 39.5. The van der Waals surface area contributed by atoms with Gasteiger partial charge in [0.05, 0.1) is 16.9 Å². The zero-order valence-corrected chi connectivity index (χ0v) is 23.9. The molecule has 1 atom stereocenters. The molecule has 0 radical (unpaired) electrons. The van der Waals surface area contributed by atoms with Crippen molar-refractivity contribution in [1.29, 1.82) is 0 Å². The van der Waals surface area contributed by atoms with Gasteiger partial charge in [-0.3, -0.25) is 24.0 Å². The maximum absolute atomic E-state index is 14.0. The van der Waals surface area contributed by atoms with Crippen molar-refractivity contribution in [3.8, 4) is 0 Å². The van der Waals surface area contributed by atoms with Crippen LogP contribution >= 0.6 is 11.6 Å². The number of non-ortho nitro benzene ring substituents is 1. The van der Waals surface area contributed by atoms with Crippen molar-refractivity contribution >= 4 is 44.8 Å². The lowest BCUT2D eigenvalue weighted by Gasteiger charge is -2.34. The van der Waals surface area contributed by atoms with Gasteiger partial charge >= 0.3 is 0 Å². The fourth-order valence-corrected chi connectivity index (χ4v) is 5.16. The molecule has 3 aromatic carbocycles. The third-order valence-electron chi connectivity index (χ3n) is 6.01. The molecular formula is C28H31ClN4O6S. The molecule has 0 bridgehead atoms. The Balaban J connectivity index is 2.08. The molecule has 1 N–H and O–H groups in total. The Morgan fingerprint density at radius 1 is 1.00 bits per heavy atom. The van der Waals surface area contributed by atoms with Crippen molar-refractivity contribution in [3.05, 3.63) is 105 Å². The number of nitrogens with zero attached hydrogens (tertiary/aromatic N) is 3. The van der Waals surface area contributed by atoms with Gasteiger partial charge < -0.3 is 10.2 Å². The Hall–Kier alpha value is -3.96. The number of carbonyl (C=O) groups excluding carboxylic acids is 2. The molecule has 0 aromatic heterocycles. The standard InChI is InChI=1S/C28H31ClN4O6S/c1-20(2)30-28(35)26(16-21-10-5-4-6-11-21)31(18-22-12-7-8-15-25(22)29)27(34)19-32(40(3,38)39)23-13-9-14-24(17-23)33(36)37/h4-15,17,20,26H,16,18-19H2,1-3H3,(H,30,35)/t26-/m0/s1. The topological polar surface area (TPSA) is 130 Å². The molecule has 0 saturated heterocycles. The van der Waals surface area contributed by atoms with Crippen molar-refractivity contribution in [2.45, 2.75) is 38.9 Å². The van der Waals surface area contributed by atoms with Crippen LogP contribution in [0.15, 0.2) is 78.9 Å². The maximum Gasteiger partial charge on any atom is 0.271 e. The number of benzene rings is 3. The summed E-state index contributed by atoms with van der Waals surface area (Å²) in [5, 5.41) is 14.6. The number of nitrogens with one attached hydrogen (secondary N) is 1. The lowest BCUT2D eigenvalue weighted by Crippen LogP contribution is -2.54. The predicted molar refractivity (Wildman–Crippen MR) is 155 cm³/mol. The Labute approximate surface area is 238 Å². The highest BCUT2D eigenvalue weighted by Gasteiger charge is 2.33. The van der Waals surface area contributed by atoms with Gasteiger partial charge in [0.2, 0.25) is 21.8 Å². The number of nitro groups is 1. The van der Waals surface area contributed by atoms with Crippen LogP contribution < -0.4 is 9.62 Å². The number of halogens is 1. The summed E-state index contributed by atoms with van der Waals surface area (Å²) < 4.78 is 26.4. The fourth-order valence-electron chi connectivity index (χ4n) is 4.12. The van der Waals surface area contributed by atoms with Crippen molar-refractivity contribution < 1.29 is 22.9 Å². The molecule has 0 saturated carbocycles. The van der Waals surface area contributed by atoms with E-state index in [9.17, 15) is 28.1 Å². The molecule has 0 spiro atoms. The molecule has 2 amide bonds. The first-order valence-corrected chi connectivity index (χ1v) is 14.7. The van der Waals surface area contributed by atoms with E-state index < -0.39 is 39.3 Å². The van der Waals surface area contributed by atoms with Crippen LogP contribution in [0, 0.1) is 10.1 Å². The smallest absolute Gasteiger partial charge is 0.271 e. The fraction of sp³-hybridized carbons (Fsp3) is 0.286. The number of amides is 2. The second-order valence-corrected chi connectivity index (χ2v) is 11.8. The normalized spacial score (nSPS) is 12.0. The van der Waals surface area contributed by atoms with Gasteiger partial charge in [0, 0.05) is 36.2 Å². The van der Waals surface area contributed by atoms with Crippen LogP contribution in [-0.4, -0.2) is 54.9 Å². The summed E-state index contributed by atoms with van der Waals surface area (Å²) in [5.41, 5.74) is 0.981. The summed E-state index contributed by atoms with van der Waals surface area (Å²) in [6, 6.07) is 19.8. The number of nitro benzene ring substituents is 1. The van der Waals surface area contributed by atoms with Gasteiger partial charge in [-0.2, -0.15) is 0 Å². The number of hydrogen-bond acceptors (Lipinski definition) is 6. The van der Waals surface area contributed by atoms with E-state index in [-0.39, 0.29) is 30.4 Å². The van der Waals surface area contributed by atoms with Crippen LogP contribution in [0.5, 0.6) is 0 Å². The minimum absolute atomic E-state index is 0.0472. The minimum atomic E-state index is -4.06. The summed E-state index contributed by atoms with van der Waals surface area (Å²) in [5.74, 6) is -1.10. The van der Waals surface area contributed by atoms with Crippen molar-refractivity contribution in [2.24, 2.45) is 0 Å². The van der Waals surface area contributed by atoms with E-state index >= 15 is 0 Å². The summed E-state index contributed by atoms with van der Waals surface area (Å²) in [6.45, 7) is 2.83. The highest BCUT2D eigenvalue weighted by Crippen LogP contribution is 2.25. The van der Waals surface area contributed by atoms with Crippen LogP contribution in [0.1, 0.15) is 25.0 Å². The Kier molecular flexibility index (Phi) is 10.2. The first kappa shape index (κ1) is 30.6. The van der Waals surface area contributed by atoms with E-state index in [1.54, 1.807) is 38.1 Å². The average molecular weight is 587 g/mol. The Morgan fingerprint density at radius 3 is 2.25 bits per heavy atom. The molecule has 0 heterocycles. The number of carbonyl (C=O) groups is 2. The zero-order valence-electron chi connectivity index (χ0n) is 22.4. The SMILES string of the molecule is CC(C)NC(=O)[C@H](Cc1ccccc1)N(Cc1ccccc1Cl)C(=O)CN(c1cccc([N+](=O)[O-])c1)S(C)(=O)=O. The number of sulfonamides is 1. The summed E-state index contributed by atoms with van der Waals surface area (Å²) in [7, 11) is -4.06. The lowest BCUT2D eigenvalue weighted by molar-refractivity contribution is -0.384. The number of hydrogen-bond donors (Lipinski definition) is 1.